The Morgan fingerprint density at radius 2 is 1.93 bits per heavy atom. The van der Waals surface area contributed by atoms with E-state index in [-0.39, 0.29) is 17.7 Å². The summed E-state index contributed by atoms with van der Waals surface area (Å²) in [6.07, 6.45) is 2.98. The summed E-state index contributed by atoms with van der Waals surface area (Å²) < 4.78 is 6.64. The fourth-order valence-electron chi connectivity index (χ4n) is 3.75. The normalized spacial score (nSPS) is 14.9. The zero-order valence-corrected chi connectivity index (χ0v) is 17.1. The van der Waals surface area contributed by atoms with Gasteiger partial charge in [-0.25, -0.2) is 4.79 Å². The van der Waals surface area contributed by atoms with E-state index < -0.39 is 12.0 Å². The van der Waals surface area contributed by atoms with E-state index in [2.05, 4.69) is 5.32 Å². The number of nitrogens with zero attached hydrogens (tertiary/aromatic N) is 2. The van der Waals surface area contributed by atoms with Crippen LogP contribution in [0.5, 0.6) is 0 Å². The van der Waals surface area contributed by atoms with E-state index in [0.717, 1.165) is 12.0 Å². The van der Waals surface area contributed by atoms with E-state index in [0.29, 0.717) is 30.9 Å². The van der Waals surface area contributed by atoms with Crippen LogP contribution in [-0.2, 0) is 20.9 Å². The minimum absolute atomic E-state index is 0.00995. The third kappa shape index (κ3) is 4.67. The number of hydrogen-bond acceptors (Lipinski definition) is 4. The fraction of sp³-hybridized carbons (Fsp3) is 0.409. The van der Waals surface area contributed by atoms with Crippen LogP contribution < -0.4 is 5.32 Å². The maximum Gasteiger partial charge on any atom is 0.354 e. The van der Waals surface area contributed by atoms with Gasteiger partial charge in [0.15, 0.2) is 0 Å². The molecule has 154 valence electrons. The highest BCUT2D eigenvalue weighted by molar-refractivity contribution is 5.99. The predicted molar refractivity (Wildman–Crippen MR) is 110 cm³/mol. The van der Waals surface area contributed by atoms with Crippen LogP contribution in [0, 0.1) is 5.92 Å². The second kappa shape index (κ2) is 8.94. The Morgan fingerprint density at radius 1 is 1.21 bits per heavy atom. The molecule has 2 heterocycles. The zero-order valence-electron chi connectivity index (χ0n) is 17.1. The number of carbonyl (C=O) groups excluding carboxylic acids is 3. The lowest BCUT2D eigenvalue weighted by molar-refractivity contribution is -0.136. The standard InChI is InChI=1S/C22H27N3O4/c1-15(2)20(25-11-7-10-19(25)26)21(27)23-17-12-18(22(28)29-3)24(14-17)13-16-8-5-4-6-9-16/h4-6,8-9,12,14-15,20H,7,10-11,13H2,1-3H3,(H,23,27)/t20-/m1/s1. The second-order valence-electron chi connectivity index (χ2n) is 7.59. The molecule has 0 radical (unpaired) electrons. The van der Waals surface area contributed by atoms with Gasteiger partial charge in [-0.15, -0.1) is 0 Å². The summed E-state index contributed by atoms with van der Waals surface area (Å²) in [5.41, 5.74) is 1.88. The summed E-state index contributed by atoms with van der Waals surface area (Å²) in [5, 5.41) is 2.88. The molecule has 1 N–H and O–H groups in total. The molecule has 3 rings (SSSR count). The molecule has 1 aliphatic heterocycles. The molecule has 0 saturated carbocycles. The van der Waals surface area contributed by atoms with Crippen molar-refractivity contribution in [1.82, 2.24) is 9.47 Å². The van der Waals surface area contributed by atoms with Gasteiger partial charge < -0.3 is 19.5 Å². The molecule has 7 heteroatoms. The lowest BCUT2D eigenvalue weighted by Gasteiger charge is -2.29. The largest absolute Gasteiger partial charge is 0.464 e. The van der Waals surface area contributed by atoms with Crippen molar-refractivity contribution in [3.63, 3.8) is 0 Å². The minimum Gasteiger partial charge on any atom is -0.464 e. The van der Waals surface area contributed by atoms with Gasteiger partial charge in [-0.3, -0.25) is 9.59 Å². The summed E-state index contributed by atoms with van der Waals surface area (Å²) in [7, 11) is 1.33. The number of benzene rings is 1. The number of methoxy groups -OCH3 is 1. The Hall–Kier alpha value is -3.09. The Balaban J connectivity index is 1.83. The highest BCUT2D eigenvalue weighted by atomic mass is 16.5. The molecular weight excluding hydrogens is 370 g/mol. The molecule has 1 aliphatic rings. The van der Waals surface area contributed by atoms with Crippen LogP contribution in [0.2, 0.25) is 0 Å². The van der Waals surface area contributed by atoms with Gasteiger partial charge in [0.2, 0.25) is 11.8 Å². The number of hydrogen-bond donors (Lipinski definition) is 1. The fourth-order valence-corrected chi connectivity index (χ4v) is 3.75. The lowest BCUT2D eigenvalue weighted by Crippen LogP contribution is -2.47. The first-order valence-corrected chi connectivity index (χ1v) is 9.83. The smallest absolute Gasteiger partial charge is 0.354 e. The topological polar surface area (TPSA) is 80.6 Å². The molecule has 2 amide bonds. The van der Waals surface area contributed by atoms with E-state index in [1.807, 2.05) is 44.2 Å². The summed E-state index contributed by atoms with van der Waals surface area (Å²) in [6.45, 7) is 4.92. The number of ether oxygens (including phenoxy) is 1. The Kier molecular flexibility index (Phi) is 6.36. The summed E-state index contributed by atoms with van der Waals surface area (Å²) in [4.78, 5) is 39.0. The number of likely N-dealkylation sites (tertiary alicyclic amines) is 1. The van der Waals surface area contributed by atoms with Crippen molar-refractivity contribution >= 4 is 23.5 Å². The number of amides is 2. The first-order chi connectivity index (χ1) is 13.9. The summed E-state index contributed by atoms with van der Waals surface area (Å²) >= 11 is 0. The van der Waals surface area contributed by atoms with Crippen LogP contribution in [0.1, 0.15) is 42.7 Å². The molecular formula is C22H27N3O4. The van der Waals surface area contributed by atoms with Gasteiger partial charge in [0.05, 0.1) is 12.8 Å². The first-order valence-electron chi connectivity index (χ1n) is 9.83. The summed E-state index contributed by atoms with van der Waals surface area (Å²) in [5.74, 6) is -0.737. The maximum atomic E-state index is 13.0. The van der Waals surface area contributed by atoms with Crippen molar-refractivity contribution in [1.29, 1.82) is 0 Å². The lowest BCUT2D eigenvalue weighted by atomic mass is 10.0. The van der Waals surface area contributed by atoms with Gasteiger partial charge >= 0.3 is 5.97 Å². The number of carbonyl (C=O) groups is 3. The van der Waals surface area contributed by atoms with Gasteiger partial charge in [-0.2, -0.15) is 0 Å². The molecule has 1 aromatic heterocycles. The average Bonchev–Trinajstić information content (AvgIpc) is 3.28. The molecule has 7 nitrogen and oxygen atoms in total. The van der Waals surface area contributed by atoms with Crippen molar-refractivity contribution in [2.75, 3.05) is 19.0 Å². The third-order valence-electron chi connectivity index (χ3n) is 5.10. The highest BCUT2D eigenvalue weighted by Crippen LogP contribution is 2.22. The monoisotopic (exact) mass is 397 g/mol. The zero-order chi connectivity index (χ0) is 21.0. The minimum atomic E-state index is -0.538. The van der Waals surface area contributed by atoms with Crippen LogP contribution >= 0.6 is 0 Å². The Bertz CT molecular complexity index is 889. The molecule has 0 bridgehead atoms. The van der Waals surface area contributed by atoms with E-state index in [1.54, 1.807) is 21.7 Å². The van der Waals surface area contributed by atoms with Crippen LogP contribution in [0.25, 0.3) is 0 Å². The Morgan fingerprint density at radius 3 is 2.52 bits per heavy atom. The number of anilines is 1. The van der Waals surface area contributed by atoms with Crippen LogP contribution in [0.3, 0.4) is 0 Å². The molecule has 29 heavy (non-hydrogen) atoms. The second-order valence-corrected chi connectivity index (χ2v) is 7.59. The van der Waals surface area contributed by atoms with E-state index in [4.69, 9.17) is 4.74 Å². The van der Waals surface area contributed by atoms with E-state index in [9.17, 15) is 14.4 Å². The maximum absolute atomic E-state index is 13.0. The van der Waals surface area contributed by atoms with Gasteiger partial charge in [-0.1, -0.05) is 44.2 Å². The summed E-state index contributed by atoms with van der Waals surface area (Å²) in [6, 6.07) is 10.8. The first kappa shape index (κ1) is 20.6. The molecule has 2 aromatic rings. The Labute approximate surface area is 170 Å². The van der Waals surface area contributed by atoms with Crippen molar-refractivity contribution in [2.45, 2.75) is 39.3 Å². The quantitative estimate of drug-likeness (QED) is 0.729. The average molecular weight is 397 g/mol. The molecule has 1 fully saturated rings. The van der Waals surface area contributed by atoms with Crippen molar-refractivity contribution in [2.24, 2.45) is 5.92 Å². The molecule has 1 atom stereocenters. The van der Waals surface area contributed by atoms with Crippen LogP contribution in [0.4, 0.5) is 5.69 Å². The molecule has 1 aromatic carbocycles. The van der Waals surface area contributed by atoms with E-state index >= 15 is 0 Å². The van der Waals surface area contributed by atoms with Gasteiger partial charge in [-0.05, 0) is 24.0 Å². The van der Waals surface area contributed by atoms with Crippen LogP contribution in [0.15, 0.2) is 42.6 Å². The third-order valence-corrected chi connectivity index (χ3v) is 5.10. The van der Waals surface area contributed by atoms with Gasteiger partial charge in [0, 0.05) is 25.7 Å². The van der Waals surface area contributed by atoms with Crippen LogP contribution in [-0.4, -0.2) is 46.9 Å². The van der Waals surface area contributed by atoms with Crippen molar-refractivity contribution in [3.05, 3.63) is 53.9 Å². The number of nitrogens with one attached hydrogen (secondary N) is 1. The number of rotatable bonds is 7. The van der Waals surface area contributed by atoms with Gasteiger partial charge in [0.1, 0.15) is 11.7 Å². The van der Waals surface area contributed by atoms with Crippen molar-refractivity contribution < 1.29 is 19.1 Å². The molecule has 0 spiro atoms. The number of aromatic nitrogens is 1. The predicted octanol–water partition coefficient (Wildman–Crippen LogP) is 2.91. The highest BCUT2D eigenvalue weighted by Gasteiger charge is 2.35. The van der Waals surface area contributed by atoms with E-state index in [1.165, 1.54) is 7.11 Å². The molecule has 1 saturated heterocycles. The number of esters is 1. The van der Waals surface area contributed by atoms with Crippen molar-refractivity contribution in [3.8, 4) is 0 Å². The SMILES string of the molecule is COC(=O)c1cc(NC(=O)[C@@H](C(C)C)N2CCCC2=O)cn1Cc1ccccc1. The molecule has 0 aliphatic carbocycles. The van der Waals surface area contributed by atoms with Gasteiger partial charge in [0.25, 0.3) is 0 Å². The molecule has 0 unspecified atom stereocenters.